The zero-order valence-corrected chi connectivity index (χ0v) is 18.6. The maximum atomic E-state index is 13.2. The number of ether oxygens (including phenoxy) is 2. The number of fused-ring (bicyclic) bond motifs is 3. The standard InChI is InChI=1S/C24H31N5O3/c1-31-13-14-32-18-3-2-10-29(16-18)24(30)28-11-6-17(7-12-28)19-4-8-25-21-15-27-23-20(22(19)21)5-9-26-23/h4-5,8-9,15,17-18,25H,2-3,6-7,10-14,16H2,1H3. The van der Waals surface area contributed by atoms with Gasteiger partial charge in [0.15, 0.2) is 5.65 Å². The molecule has 8 nitrogen and oxygen atoms in total. The first-order valence-electron chi connectivity index (χ1n) is 11.6. The number of piperidine rings is 2. The molecule has 2 aliphatic heterocycles. The van der Waals surface area contributed by atoms with Crippen LogP contribution in [0, 0.1) is 0 Å². The average molecular weight is 438 g/mol. The molecule has 2 amide bonds. The molecule has 0 spiro atoms. The van der Waals surface area contributed by atoms with E-state index in [1.165, 1.54) is 10.9 Å². The summed E-state index contributed by atoms with van der Waals surface area (Å²) in [7, 11) is 1.68. The van der Waals surface area contributed by atoms with Gasteiger partial charge in [0.05, 0.1) is 31.0 Å². The second-order valence-electron chi connectivity index (χ2n) is 8.78. The summed E-state index contributed by atoms with van der Waals surface area (Å²) in [5.74, 6) is 0.420. The average Bonchev–Trinajstić information content (AvgIpc) is 3.33. The number of amides is 2. The predicted molar refractivity (Wildman–Crippen MR) is 123 cm³/mol. The second kappa shape index (κ2) is 9.42. The van der Waals surface area contributed by atoms with Gasteiger partial charge in [0.25, 0.3) is 0 Å². The third kappa shape index (κ3) is 4.17. The number of carbonyl (C=O) groups is 1. The number of likely N-dealkylation sites (tertiary alicyclic amines) is 2. The number of rotatable bonds is 5. The quantitative estimate of drug-likeness (QED) is 0.618. The van der Waals surface area contributed by atoms with Gasteiger partial charge in [-0.05, 0) is 49.3 Å². The van der Waals surface area contributed by atoms with E-state index in [-0.39, 0.29) is 12.1 Å². The number of hydrogen-bond acceptors (Lipinski definition) is 5. The molecule has 32 heavy (non-hydrogen) atoms. The second-order valence-corrected chi connectivity index (χ2v) is 8.78. The third-order valence-corrected chi connectivity index (χ3v) is 6.82. The van der Waals surface area contributed by atoms with Gasteiger partial charge in [-0.2, -0.15) is 0 Å². The van der Waals surface area contributed by atoms with E-state index in [9.17, 15) is 4.79 Å². The summed E-state index contributed by atoms with van der Waals surface area (Å²) < 4.78 is 11.0. The monoisotopic (exact) mass is 437 g/mol. The van der Waals surface area contributed by atoms with Crippen LogP contribution in [-0.2, 0) is 9.47 Å². The molecular formula is C24H31N5O3. The van der Waals surface area contributed by atoms with E-state index >= 15 is 0 Å². The summed E-state index contributed by atoms with van der Waals surface area (Å²) in [6.45, 7) is 4.23. The highest BCUT2D eigenvalue weighted by atomic mass is 16.5. The number of urea groups is 1. The van der Waals surface area contributed by atoms with Crippen LogP contribution in [0.1, 0.15) is 37.2 Å². The molecule has 5 heterocycles. The maximum Gasteiger partial charge on any atom is 0.320 e. The van der Waals surface area contributed by atoms with E-state index < -0.39 is 0 Å². The highest BCUT2D eigenvalue weighted by Crippen LogP contribution is 2.35. The molecule has 0 bridgehead atoms. The smallest absolute Gasteiger partial charge is 0.320 e. The van der Waals surface area contributed by atoms with E-state index in [0.29, 0.717) is 25.7 Å². The van der Waals surface area contributed by atoms with Crippen molar-refractivity contribution in [3.63, 3.8) is 0 Å². The molecule has 3 aromatic rings. The van der Waals surface area contributed by atoms with Crippen LogP contribution in [0.2, 0.25) is 0 Å². The maximum absolute atomic E-state index is 13.2. The van der Waals surface area contributed by atoms with Crippen molar-refractivity contribution in [1.82, 2.24) is 24.8 Å². The molecule has 0 aromatic carbocycles. The first-order chi connectivity index (χ1) is 15.7. The Balaban J connectivity index is 1.25. The molecule has 2 aliphatic rings. The van der Waals surface area contributed by atoms with Crippen molar-refractivity contribution in [1.29, 1.82) is 0 Å². The van der Waals surface area contributed by atoms with Gasteiger partial charge in [0.2, 0.25) is 0 Å². The summed E-state index contributed by atoms with van der Waals surface area (Å²) in [6, 6.07) is 4.38. The number of aromatic nitrogens is 3. The Kier molecular flexibility index (Phi) is 6.23. The Morgan fingerprint density at radius 2 is 2.00 bits per heavy atom. The Hall–Kier alpha value is -2.71. The number of aromatic amines is 1. The van der Waals surface area contributed by atoms with Gasteiger partial charge < -0.3 is 24.3 Å². The molecule has 3 aromatic heterocycles. The molecule has 0 radical (unpaired) electrons. The van der Waals surface area contributed by atoms with Gasteiger partial charge >= 0.3 is 6.03 Å². The fourth-order valence-corrected chi connectivity index (χ4v) is 5.15. The molecule has 0 saturated carbocycles. The third-order valence-electron chi connectivity index (χ3n) is 6.82. The summed E-state index contributed by atoms with van der Waals surface area (Å²) in [6.07, 6.45) is 9.72. The highest BCUT2D eigenvalue weighted by molar-refractivity contribution is 6.05. The number of nitrogens with zero attached hydrogens (tertiary/aromatic N) is 4. The Morgan fingerprint density at radius 1 is 1.12 bits per heavy atom. The van der Waals surface area contributed by atoms with Gasteiger partial charge in [-0.25, -0.2) is 14.8 Å². The highest BCUT2D eigenvalue weighted by Gasteiger charge is 2.31. The van der Waals surface area contributed by atoms with Crippen LogP contribution < -0.4 is 0 Å². The van der Waals surface area contributed by atoms with E-state index in [2.05, 4.69) is 21.0 Å². The molecular weight excluding hydrogens is 406 g/mol. The van der Waals surface area contributed by atoms with Gasteiger partial charge in [-0.3, -0.25) is 0 Å². The summed E-state index contributed by atoms with van der Waals surface area (Å²) in [5, 5.41) is 2.31. The van der Waals surface area contributed by atoms with Crippen LogP contribution in [0.5, 0.6) is 0 Å². The molecule has 5 rings (SSSR count). The van der Waals surface area contributed by atoms with Gasteiger partial charge in [-0.1, -0.05) is 0 Å². The lowest BCUT2D eigenvalue weighted by atomic mass is 9.87. The first kappa shape index (κ1) is 21.2. The number of hydrogen-bond donors (Lipinski definition) is 1. The van der Waals surface area contributed by atoms with Gasteiger partial charge in [-0.15, -0.1) is 0 Å². The van der Waals surface area contributed by atoms with Crippen molar-refractivity contribution < 1.29 is 14.3 Å². The molecule has 2 fully saturated rings. The Labute approximate surface area is 187 Å². The zero-order valence-electron chi connectivity index (χ0n) is 18.6. The summed E-state index contributed by atoms with van der Waals surface area (Å²) in [4.78, 5) is 29.3. The number of pyridine rings is 2. The predicted octanol–water partition coefficient (Wildman–Crippen LogP) is 3.54. The van der Waals surface area contributed by atoms with Gasteiger partial charge in [0.1, 0.15) is 0 Å². The molecule has 8 heteroatoms. The van der Waals surface area contributed by atoms with Crippen molar-refractivity contribution in [2.45, 2.75) is 37.7 Å². The fraction of sp³-hybridized carbons (Fsp3) is 0.542. The van der Waals surface area contributed by atoms with Crippen molar-refractivity contribution in [3.05, 3.63) is 36.3 Å². The number of H-pyrrole nitrogens is 1. The van der Waals surface area contributed by atoms with Crippen LogP contribution >= 0.6 is 0 Å². The Bertz CT molecular complexity index is 1080. The van der Waals surface area contributed by atoms with Crippen LogP contribution in [0.3, 0.4) is 0 Å². The van der Waals surface area contributed by atoms with Crippen molar-refractivity contribution in [3.8, 4) is 0 Å². The van der Waals surface area contributed by atoms with E-state index in [1.807, 2.05) is 34.5 Å². The molecule has 1 N–H and O–H groups in total. The molecule has 0 aliphatic carbocycles. The number of methoxy groups -OCH3 is 1. The molecule has 1 atom stereocenters. The lowest BCUT2D eigenvalue weighted by Gasteiger charge is -2.39. The van der Waals surface area contributed by atoms with Crippen molar-refractivity contribution >= 4 is 28.0 Å². The largest absolute Gasteiger partial charge is 0.382 e. The van der Waals surface area contributed by atoms with Crippen molar-refractivity contribution in [2.24, 2.45) is 0 Å². The van der Waals surface area contributed by atoms with Crippen LogP contribution in [0.15, 0.2) is 30.7 Å². The van der Waals surface area contributed by atoms with Crippen molar-refractivity contribution in [2.75, 3.05) is 46.5 Å². The fourth-order valence-electron chi connectivity index (χ4n) is 5.15. The van der Waals surface area contributed by atoms with Crippen LogP contribution in [0.4, 0.5) is 4.79 Å². The van der Waals surface area contributed by atoms with Crippen LogP contribution in [-0.4, -0.2) is 83.4 Å². The SMILES string of the molecule is COCCOC1CCCN(C(=O)N2CCC(c3cc[nH]c4cnc5nccc5c34)CC2)C1. The van der Waals surface area contributed by atoms with Crippen LogP contribution in [0.25, 0.3) is 21.9 Å². The molecule has 1 unspecified atom stereocenters. The minimum absolute atomic E-state index is 0.112. The van der Waals surface area contributed by atoms with E-state index in [0.717, 1.165) is 61.9 Å². The zero-order chi connectivity index (χ0) is 21.9. The summed E-state index contributed by atoms with van der Waals surface area (Å²) >= 11 is 0. The van der Waals surface area contributed by atoms with E-state index in [4.69, 9.17) is 9.47 Å². The summed E-state index contributed by atoms with van der Waals surface area (Å²) in [5.41, 5.74) is 3.16. The Morgan fingerprint density at radius 3 is 2.84 bits per heavy atom. The lowest BCUT2D eigenvalue weighted by molar-refractivity contribution is -0.0161. The minimum atomic E-state index is 0.112. The number of nitrogens with one attached hydrogen (secondary N) is 1. The first-order valence-corrected chi connectivity index (χ1v) is 11.6. The van der Waals surface area contributed by atoms with Gasteiger partial charge in [0, 0.05) is 56.5 Å². The topological polar surface area (TPSA) is 83.6 Å². The molecule has 170 valence electrons. The lowest BCUT2D eigenvalue weighted by Crippen LogP contribution is -2.51. The normalized spacial score (nSPS) is 20.3. The molecule has 2 saturated heterocycles. The number of carbonyl (C=O) groups excluding carboxylic acids is 1. The minimum Gasteiger partial charge on any atom is -0.382 e. The van der Waals surface area contributed by atoms with E-state index in [1.54, 1.807) is 7.11 Å².